The highest BCUT2D eigenvalue weighted by molar-refractivity contribution is 5.68. The average Bonchev–Trinajstić information content (AvgIpc) is 3.52. The number of carbonyl (C=O) groups excluding carboxylic acids is 1. The van der Waals surface area contributed by atoms with Crippen molar-refractivity contribution in [3.63, 3.8) is 0 Å². The van der Waals surface area contributed by atoms with Crippen molar-refractivity contribution in [2.75, 3.05) is 52.9 Å². The maximum atomic E-state index is 10.5. The van der Waals surface area contributed by atoms with E-state index in [0.29, 0.717) is 52.1 Å². The van der Waals surface area contributed by atoms with Gasteiger partial charge in [-0.25, -0.2) is 9.97 Å². The Balaban J connectivity index is 1.14. The number of ether oxygens (including phenoxy) is 4. The lowest BCUT2D eigenvalue weighted by molar-refractivity contribution is -0.460. The quantitative estimate of drug-likeness (QED) is 0.0863. The van der Waals surface area contributed by atoms with Crippen LogP contribution in [-0.4, -0.2) is 90.6 Å². The molecule has 1 aromatic heterocycles. The number of aromatic nitrogens is 2. The molecule has 0 N–H and O–H groups in total. The summed E-state index contributed by atoms with van der Waals surface area (Å²) in [5.41, 5.74) is 0. The van der Waals surface area contributed by atoms with Gasteiger partial charge in [-0.3, -0.25) is 0 Å². The van der Waals surface area contributed by atoms with Gasteiger partial charge in [0, 0.05) is 37.9 Å². The van der Waals surface area contributed by atoms with Gasteiger partial charge in [0.2, 0.25) is 6.67 Å². The van der Waals surface area contributed by atoms with E-state index in [-0.39, 0.29) is 12.5 Å². The zero-order valence-electron chi connectivity index (χ0n) is 28.2. The molecule has 1 saturated carbocycles. The Bertz CT molecular complexity index is 957. The standard InChI is InChI=1S/C36H60N4O6/c41-35(42)19-14-22-39-23-24-40(32-39)25-27-43-28-29-45-31-34(46-36-37-20-15-21-38-36)30-44-26-13-8-6-4-2-1-3-5-7-10-16-33-17-11-9-12-18-33/h15,20-24,33-34H,1-14,16-19,25-32H2. The van der Waals surface area contributed by atoms with Crippen LogP contribution < -0.4 is 9.84 Å². The van der Waals surface area contributed by atoms with Crippen molar-refractivity contribution in [2.45, 2.75) is 122 Å². The zero-order valence-corrected chi connectivity index (χ0v) is 28.2. The molecule has 0 spiro atoms. The molecule has 0 aromatic carbocycles. The van der Waals surface area contributed by atoms with E-state index < -0.39 is 5.97 Å². The molecule has 260 valence electrons. The van der Waals surface area contributed by atoms with Gasteiger partial charge in [0.1, 0.15) is 12.3 Å². The first kappa shape index (κ1) is 37.9. The van der Waals surface area contributed by atoms with Crippen molar-refractivity contribution in [1.82, 2.24) is 14.9 Å². The van der Waals surface area contributed by atoms with Crippen molar-refractivity contribution in [1.29, 1.82) is 0 Å². The summed E-state index contributed by atoms with van der Waals surface area (Å²) in [7, 11) is 0. The highest BCUT2D eigenvalue weighted by Crippen LogP contribution is 2.28. The molecule has 1 aromatic rings. The Hall–Kier alpha value is -2.56. The number of carboxylic acids is 1. The van der Waals surface area contributed by atoms with Gasteiger partial charge in [0.25, 0.3) is 0 Å². The second-order valence-corrected chi connectivity index (χ2v) is 12.7. The molecule has 1 aliphatic carbocycles. The van der Waals surface area contributed by atoms with Crippen LogP contribution in [0.25, 0.3) is 0 Å². The number of rotatable bonds is 28. The van der Waals surface area contributed by atoms with Crippen LogP contribution in [0.1, 0.15) is 116 Å². The van der Waals surface area contributed by atoms with E-state index in [2.05, 4.69) is 14.9 Å². The summed E-state index contributed by atoms with van der Waals surface area (Å²) in [4.78, 5) is 21.0. The predicted octanol–water partition coefficient (Wildman–Crippen LogP) is 5.50. The lowest BCUT2D eigenvalue weighted by Gasteiger charge is -2.21. The van der Waals surface area contributed by atoms with Gasteiger partial charge in [0.05, 0.1) is 39.2 Å². The fraction of sp³-hybridized carbons (Fsp3) is 0.778. The van der Waals surface area contributed by atoms with E-state index in [0.717, 1.165) is 25.5 Å². The normalized spacial score (nSPS) is 16.8. The Morgan fingerprint density at radius 1 is 0.870 bits per heavy atom. The summed E-state index contributed by atoms with van der Waals surface area (Å²) >= 11 is 0. The molecule has 0 saturated heterocycles. The van der Waals surface area contributed by atoms with Crippen molar-refractivity contribution < 1.29 is 33.4 Å². The number of hydrogen-bond donors (Lipinski definition) is 0. The minimum atomic E-state index is -1.03. The molecular formula is C36H60N4O6. The van der Waals surface area contributed by atoms with Crippen molar-refractivity contribution in [3.8, 4) is 6.01 Å². The first-order valence-electron chi connectivity index (χ1n) is 18.1. The number of nitrogens with zero attached hydrogens (tertiary/aromatic N) is 4. The molecule has 1 atom stereocenters. The maximum absolute atomic E-state index is 10.5. The van der Waals surface area contributed by atoms with Crippen LogP contribution in [0.4, 0.5) is 0 Å². The van der Waals surface area contributed by atoms with Crippen LogP contribution in [-0.2, 0) is 19.0 Å². The first-order valence-corrected chi connectivity index (χ1v) is 18.1. The van der Waals surface area contributed by atoms with Gasteiger partial charge in [0.15, 0.2) is 6.20 Å². The fourth-order valence-electron chi connectivity index (χ4n) is 6.07. The van der Waals surface area contributed by atoms with Gasteiger partial charge in [-0.1, -0.05) is 96.3 Å². The summed E-state index contributed by atoms with van der Waals surface area (Å²) in [6.45, 7) is 4.45. The minimum absolute atomic E-state index is 0.0318. The Labute approximate surface area is 277 Å². The number of aliphatic carboxylic acids is 1. The van der Waals surface area contributed by atoms with E-state index in [9.17, 15) is 9.90 Å². The van der Waals surface area contributed by atoms with Gasteiger partial charge < -0.3 is 33.7 Å². The second kappa shape index (κ2) is 25.5. The molecule has 1 unspecified atom stereocenters. The molecule has 1 aliphatic heterocycles. The van der Waals surface area contributed by atoms with E-state index in [1.807, 2.05) is 23.2 Å². The molecule has 0 bridgehead atoms. The molecule has 10 nitrogen and oxygen atoms in total. The summed E-state index contributed by atoms with van der Waals surface area (Å²) < 4.78 is 25.4. The average molecular weight is 645 g/mol. The van der Waals surface area contributed by atoms with E-state index in [1.54, 1.807) is 18.5 Å². The highest BCUT2D eigenvalue weighted by Gasteiger charge is 2.16. The lowest BCUT2D eigenvalue weighted by Crippen LogP contribution is -2.30. The van der Waals surface area contributed by atoms with Crippen molar-refractivity contribution >= 4 is 12.2 Å². The SMILES string of the molecule is O=C([O-])CCC=[N+]1C=CN(CCOCCOCC(COCCCCCCCCCCCCC2CCCCC2)Oc2ncccn2)C1. The monoisotopic (exact) mass is 644 g/mol. The highest BCUT2D eigenvalue weighted by atomic mass is 16.6. The molecule has 10 heteroatoms. The Morgan fingerprint density at radius 2 is 1.52 bits per heavy atom. The number of unbranched alkanes of at least 4 members (excludes halogenated alkanes) is 9. The lowest BCUT2D eigenvalue weighted by atomic mass is 9.85. The summed E-state index contributed by atoms with van der Waals surface area (Å²) in [5.74, 6) is 0.0108. The zero-order chi connectivity index (χ0) is 32.3. The topological polar surface area (TPSA) is 109 Å². The molecule has 3 rings (SSSR count). The van der Waals surface area contributed by atoms with Crippen LogP contribution in [0.2, 0.25) is 0 Å². The molecule has 2 heterocycles. The molecular weight excluding hydrogens is 584 g/mol. The smallest absolute Gasteiger partial charge is 0.316 e. The van der Waals surface area contributed by atoms with Crippen LogP contribution in [0, 0.1) is 5.92 Å². The Morgan fingerprint density at radius 3 is 2.24 bits per heavy atom. The van der Waals surface area contributed by atoms with Crippen molar-refractivity contribution in [3.05, 3.63) is 30.9 Å². The van der Waals surface area contributed by atoms with Crippen LogP contribution in [0.5, 0.6) is 6.01 Å². The molecule has 2 aliphatic rings. The minimum Gasteiger partial charge on any atom is -0.550 e. The molecule has 0 amide bonds. The number of hydrogen-bond acceptors (Lipinski definition) is 9. The van der Waals surface area contributed by atoms with Gasteiger partial charge in [-0.05, 0) is 24.8 Å². The third-order valence-electron chi connectivity index (χ3n) is 8.72. The summed E-state index contributed by atoms with van der Waals surface area (Å²) in [6.07, 6.45) is 31.5. The van der Waals surface area contributed by atoms with Crippen LogP contribution in [0.15, 0.2) is 30.9 Å². The summed E-state index contributed by atoms with van der Waals surface area (Å²) in [6, 6.07) is 2.08. The van der Waals surface area contributed by atoms with Gasteiger partial charge in [-0.15, -0.1) is 0 Å². The van der Waals surface area contributed by atoms with Crippen LogP contribution in [0.3, 0.4) is 0 Å². The number of carbonyl (C=O) groups is 1. The van der Waals surface area contributed by atoms with Gasteiger partial charge >= 0.3 is 6.01 Å². The Kier molecular flexibility index (Phi) is 21.0. The third-order valence-corrected chi connectivity index (χ3v) is 8.72. The fourth-order valence-corrected chi connectivity index (χ4v) is 6.07. The second-order valence-electron chi connectivity index (χ2n) is 12.7. The largest absolute Gasteiger partial charge is 0.550 e. The maximum Gasteiger partial charge on any atom is 0.316 e. The summed E-state index contributed by atoms with van der Waals surface area (Å²) in [5, 5.41) is 10.5. The van der Waals surface area contributed by atoms with E-state index >= 15 is 0 Å². The van der Waals surface area contributed by atoms with E-state index in [1.165, 1.54) is 96.3 Å². The first-order chi connectivity index (χ1) is 22.7. The third kappa shape index (κ3) is 19.2. The molecule has 0 radical (unpaired) electrons. The van der Waals surface area contributed by atoms with E-state index in [4.69, 9.17) is 18.9 Å². The van der Waals surface area contributed by atoms with Crippen molar-refractivity contribution in [2.24, 2.45) is 5.92 Å². The number of carboxylic acid groups (broad SMARTS) is 1. The van der Waals surface area contributed by atoms with Gasteiger partial charge in [-0.2, -0.15) is 4.58 Å². The van der Waals surface area contributed by atoms with Crippen LogP contribution >= 0.6 is 0 Å². The molecule has 46 heavy (non-hydrogen) atoms. The molecule has 1 fully saturated rings. The predicted molar refractivity (Wildman–Crippen MR) is 178 cm³/mol.